The average molecular weight is 269 g/mol. The van der Waals surface area contributed by atoms with Gasteiger partial charge in [-0.15, -0.1) is 0 Å². The zero-order valence-corrected chi connectivity index (χ0v) is 11.4. The van der Waals surface area contributed by atoms with Gasteiger partial charge in [0.2, 0.25) is 0 Å². The maximum absolute atomic E-state index is 9.28. The van der Waals surface area contributed by atoms with Gasteiger partial charge in [0.1, 0.15) is 6.10 Å². The van der Waals surface area contributed by atoms with Crippen LogP contribution < -0.4 is 0 Å². The standard InChI is InChI=1S/C17H19NO2/c19-13-17(20-14-16-9-5-2-6-10-16)12-18-11-15-7-3-1-4-8-15/h1-10,12,17,19H,11,13-14H2/t17-/m1/s1. The molecule has 3 nitrogen and oxygen atoms in total. The minimum absolute atomic E-state index is 0.0644. The summed E-state index contributed by atoms with van der Waals surface area (Å²) in [6.45, 7) is 1.01. The van der Waals surface area contributed by atoms with Crippen molar-refractivity contribution in [2.24, 2.45) is 4.99 Å². The Bertz CT molecular complexity index is 511. The molecule has 0 aromatic heterocycles. The predicted octanol–water partition coefficient (Wildman–Crippen LogP) is 2.84. The second kappa shape index (κ2) is 8.25. The van der Waals surface area contributed by atoms with Crippen LogP contribution in [-0.2, 0) is 17.9 Å². The highest BCUT2D eigenvalue weighted by molar-refractivity contribution is 5.63. The van der Waals surface area contributed by atoms with Crippen LogP contribution in [0.2, 0.25) is 0 Å². The molecule has 0 aliphatic rings. The van der Waals surface area contributed by atoms with Crippen molar-refractivity contribution >= 4 is 6.21 Å². The van der Waals surface area contributed by atoms with Crippen LogP contribution in [0.4, 0.5) is 0 Å². The molecule has 0 aliphatic carbocycles. The molecule has 1 N–H and O–H groups in total. The first-order chi connectivity index (χ1) is 9.88. The molecule has 0 spiro atoms. The molecule has 0 bridgehead atoms. The van der Waals surface area contributed by atoms with Crippen LogP contribution in [0.3, 0.4) is 0 Å². The first-order valence-electron chi connectivity index (χ1n) is 6.69. The van der Waals surface area contributed by atoms with Gasteiger partial charge in [0.05, 0.1) is 19.8 Å². The molecule has 104 valence electrons. The van der Waals surface area contributed by atoms with Gasteiger partial charge in [0.15, 0.2) is 0 Å². The number of aliphatic hydroxyl groups is 1. The largest absolute Gasteiger partial charge is 0.393 e. The molecule has 3 heteroatoms. The van der Waals surface area contributed by atoms with E-state index < -0.39 is 0 Å². The van der Waals surface area contributed by atoms with Gasteiger partial charge in [-0.3, -0.25) is 4.99 Å². The van der Waals surface area contributed by atoms with Crippen molar-refractivity contribution in [2.75, 3.05) is 6.61 Å². The Kier molecular flexibility index (Phi) is 5.96. The molecule has 2 aromatic rings. The normalized spacial score (nSPS) is 12.7. The monoisotopic (exact) mass is 269 g/mol. The molecule has 0 aliphatic heterocycles. The van der Waals surface area contributed by atoms with E-state index in [0.29, 0.717) is 13.2 Å². The molecule has 1 atom stereocenters. The highest BCUT2D eigenvalue weighted by Gasteiger charge is 2.04. The summed E-state index contributed by atoms with van der Waals surface area (Å²) in [5, 5.41) is 9.28. The average Bonchev–Trinajstić information content (AvgIpc) is 2.52. The molecule has 0 radical (unpaired) electrons. The van der Waals surface area contributed by atoms with Crippen LogP contribution in [0.1, 0.15) is 11.1 Å². The lowest BCUT2D eigenvalue weighted by atomic mass is 10.2. The van der Waals surface area contributed by atoms with Crippen molar-refractivity contribution < 1.29 is 9.84 Å². The minimum atomic E-state index is -0.362. The Labute approximate surface area is 119 Å². The molecule has 0 heterocycles. The van der Waals surface area contributed by atoms with Crippen molar-refractivity contribution in [3.63, 3.8) is 0 Å². The Balaban J connectivity index is 1.80. The van der Waals surface area contributed by atoms with Crippen LogP contribution in [0.5, 0.6) is 0 Å². The summed E-state index contributed by atoms with van der Waals surface area (Å²) in [6, 6.07) is 19.9. The van der Waals surface area contributed by atoms with E-state index in [1.54, 1.807) is 6.21 Å². The van der Waals surface area contributed by atoms with Crippen LogP contribution in [-0.4, -0.2) is 24.0 Å². The maximum Gasteiger partial charge on any atom is 0.116 e. The Morgan fingerprint density at radius 1 is 0.950 bits per heavy atom. The Hall–Kier alpha value is -1.97. The molecule has 0 saturated carbocycles. The molecule has 0 saturated heterocycles. The van der Waals surface area contributed by atoms with Crippen LogP contribution in [0.25, 0.3) is 0 Å². The predicted molar refractivity (Wildman–Crippen MR) is 80.7 cm³/mol. The third-order valence-corrected chi connectivity index (χ3v) is 2.88. The number of ether oxygens (including phenoxy) is 1. The zero-order chi connectivity index (χ0) is 14.0. The number of benzene rings is 2. The molecule has 0 unspecified atom stereocenters. The Morgan fingerprint density at radius 3 is 2.15 bits per heavy atom. The van der Waals surface area contributed by atoms with E-state index in [1.165, 1.54) is 0 Å². The fraction of sp³-hybridized carbons (Fsp3) is 0.235. The topological polar surface area (TPSA) is 41.8 Å². The first-order valence-corrected chi connectivity index (χ1v) is 6.69. The van der Waals surface area contributed by atoms with Gasteiger partial charge in [0, 0.05) is 6.21 Å². The van der Waals surface area contributed by atoms with E-state index in [2.05, 4.69) is 4.99 Å². The number of hydrogen-bond donors (Lipinski definition) is 1. The van der Waals surface area contributed by atoms with Gasteiger partial charge in [-0.2, -0.15) is 0 Å². The molecule has 2 rings (SSSR count). The lowest BCUT2D eigenvalue weighted by Crippen LogP contribution is -2.19. The van der Waals surface area contributed by atoms with Crippen LogP contribution in [0, 0.1) is 0 Å². The number of aliphatic hydroxyl groups excluding tert-OH is 1. The summed E-state index contributed by atoms with van der Waals surface area (Å²) in [5.74, 6) is 0. The van der Waals surface area contributed by atoms with Crippen molar-refractivity contribution in [1.82, 2.24) is 0 Å². The van der Waals surface area contributed by atoms with Crippen molar-refractivity contribution in [1.29, 1.82) is 0 Å². The third kappa shape index (κ3) is 4.96. The van der Waals surface area contributed by atoms with Crippen LogP contribution >= 0.6 is 0 Å². The molecule has 20 heavy (non-hydrogen) atoms. The Morgan fingerprint density at radius 2 is 1.55 bits per heavy atom. The number of aliphatic imine (C=N–C) groups is 1. The van der Waals surface area contributed by atoms with Gasteiger partial charge < -0.3 is 9.84 Å². The molecule has 0 fully saturated rings. The van der Waals surface area contributed by atoms with E-state index in [-0.39, 0.29) is 12.7 Å². The lowest BCUT2D eigenvalue weighted by molar-refractivity contribution is 0.0467. The van der Waals surface area contributed by atoms with E-state index >= 15 is 0 Å². The fourth-order valence-electron chi connectivity index (χ4n) is 1.78. The maximum atomic E-state index is 9.28. The SMILES string of the molecule is OC[C@@H](C=NCc1ccccc1)OCc1ccccc1. The molecule has 0 amide bonds. The second-order valence-corrected chi connectivity index (χ2v) is 4.49. The summed E-state index contributed by atoms with van der Waals surface area (Å²) in [4.78, 5) is 4.32. The second-order valence-electron chi connectivity index (χ2n) is 4.49. The zero-order valence-electron chi connectivity index (χ0n) is 11.4. The van der Waals surface area contributed by atoms with E-state index in [0.717, 1.165) is 11.1 Å². The van der Waals surface area contributed by atoms with Crippen molar-refractivity contribution in [3.05, 3.63) is 71.8 Å². The quantitative estimate of drug-likeness (QED) is 0.785. The lowest BCUT2D eigenvalue weighted by Gasteiger charge is -2.10. The highest BCUT2D eigenvalue weighted by atomic mass is 16.5. The van der Waals surface area contributed by atoms with Crippen molar-refractivity contribution in [2.45, 2.75) is 19.3 Å². The number of nitrogens with zero attached hydrogens (tertiary/aromatic N) is 1. The third-order valence-electron chi connectivity index (χ3n) is 2.88. The smallest absolute Gasteiger partial charge is 0.116 e. The van der Waals surface area contributed by atoms with Gasteiger partial charge in [-0.25, -0.2) is 0 Å². The van der Waals surface area contributed by atoms with Gasteiger partial charge in [0.25, 0.3) is 0 Å². The number of rotatable bonds is 7. The molecular weight excluding hydrogens is 250 g/mol. The van der Waals surface area contributed by atoms with Gasteiger partial charge in [-0.1, -0.05) is 60.7 Å². The highest BCUT2D eigenvalue weighted by Crippen LogP contribution is 2.03. The summed E-state index contributed by atoms with van der Waals surface area (Å²) >= 11 is 0. The van der Waals surface area contributed by atoms with Crippen molar-refractivity contribution in [3.8, 4) is 0 Å². The van der Waals surface area contributed by atoms with Gasteiger partial charge in [-0.05, 0) is 11.1 Å². The summed E-state index contributed by atoms with van der Waals surface area (Å²) in [7, 11) is 0. The van der Waals surface area contributed by atoms with E-state index in [9.17, 15) is 5.11 Å². The van der Waals surface area contributed by atoms with Crippen LogP contribution in [0.15, 0.2) is 65.7 Å². The molecule has 2 aromatic carbocycles. The summed E-state index contributed by atoms with van der Waals surface area (Å²) in [6.07, 6.45) is 1.31. The first kappa shape index (κ1) is 14.4. The van der Waals surface area contributed by atoms with Gasteiger partial charge >= 0.3 is 0 Å². The number of hydrogen-bond acceptors (Lipinski definition) is 3. The fourth-order valence-corrected chi connectivity index (χ4v) is 1.78. The summed E-state index contributed by atoms with van der Waals surface area (Å²) < 4.78 is 5.62. The minimum Gasteiger partial charge on any atom is -0.393 e. The summed E-state index contributed by atoms with van der Waals surface area (Å²) in [5.41, 5.74) is 2.23. The van der Waals surface area contributed by atoms with E-state index in [1.807, 2.05) is 60.7 Å². The van der Waals surface area contributed by atoms with E-state index in [4.69, 9.17) is 4.74 Å². The molecular formula is C17H19NO2.